The number of anilines is 1. The fourth-order valence-corrected chi connectivity index (χ4v) is 4.76. The highest BCUT2D eigenvalue weighted by atomic mass is 16.2. The van der Waals surface area contributed by atoms with E-state index in [0.29, 0.717) is 11.8 Å². The van der Waals surface area contributed by atoms with Gasteiger partial charge in [-0.05, 0) is 43.6 Å². The largest absolute Gasteiger partial charge is 0.355 e. The van der Waals surface area contributed by atoms with E-state index in [-0.39, 0.29) is 17.4 Å². The minimum Gasteiger partial charge on any atom is -0.355 e. The molecule has 1 aliphatic carbocycles. The maximum atomic E-state index is 13.3. The Balaban J connectivity index is 1.59. The van der Waals surface area contributed by atoms with Crippen molar-refractivity contribution in [2.45, 2.75) is 45.6 Å². The van der Waals surface area contributed by atoms with Gasteiger partial charge in [-0.3, -0.25) is 9.69 Å². The second kappa shape index (κ2) is 7.14. The van der Waals surface area contributed by atoms with Crippen LogP contribution in [0.4, 0.5) is 5.95 Å². The van der Waals surface area contributed by atoms with E-state index in [1.54, 1.807) is 12.4 Å². The summed E-state index contributed by atoms with van der Waals surface area (Å²) in [5.74, 6) is 2.33. The quantitative estimate of drug-likeness (QED) is 0.843. The molecule has 0 unspecified atom stereocenters. The van der Waals surface area contributed by atoms with E-state index in [2.05, 4.69) is 38.9 Å². The van der Waals surface area contributed by atoms with Gasteiger partial charge in [-0.1, -0.05) is 13.8 Å². The molecule has 0 aromatic carbocycles. The zero-order valence-electron chi connectivity index (χ0n) is 16.0. The Kier molecular flexibility index (Phi) is 4.86. The molecular weight excluding hydrogens is 326 g/mol. The summed E-state index contributed by atoms with van der Waals surface area (Å²) in [7, 11) is 0. The summed E-state index contributed by atoms with van der Waals surface area (Å²) >= 11 is 0. The standard InChI is InChI=1S/C20H31N5O/c1-15(2)12-24-13-17-20(14-24,18(26)23-11-16-5-6-16)7-3-10-25(17)19-21-8-4-9-22-19/h4,8-9,15-17H,3,5-7,10-14H2,1-2H3,(H,23,26)/t17-,20-/m1/s1. The number of amides is 1. The molecule has 0 spiro atoms. The predicted octanol–water partition coefficient (Wildman–Crippen LogP) is 1.93. The van der Waals surface area contributed by atoms with E-state index in [0.717, 1.165) is 51.5 Å². The normalized spacial score (nSPS) is 29.0. The highest BCUT2D eigenvalue weighted by molar-refractivity contribution is 5.85. The lowest BCUT2D eigenvalue weighted by atomic mass is 9.74. The number of fused-ring (bicyclic) bond motifs is 1. The fraction of sp³-hybridized carbons (Fsp3) is 0.750. The Labute approximate surface area is 156 Å². The molecule has 1 saturated carbocycles. The number of hydrogen-bond acceptors (Lipinski definition) is 5. The molecule has 142 valence electrons. The summed E-state index contributed by atoms with van der Waals surface area (Å²) < 4.78 is 0. The lowest BCUT2D eigenvalue weighted by molar-refractivity contribution is -0.132. The first kappa shape index (κ1) is 17.7. The van der Waals surface area contributed by atoms with Crippen LogP contribution in [0.2, 0.25) is 0 Å². The molecule has 0 radical (unpaired) electrons. The summed E-state index contributed by atoms with van der Waals surface area (Å²) in [6.07, 6.45) is 8.10. The molecule has 6 nitrogen and oxygen atoms in total. The van der Waals surface area contributed by atoms with Gasteiger partial charge in [0.05, 0.1) is 11.5 Å². The average molecular weight is 358 g/mol. The van der Waals surface area contributed by atoms with Gasteiger partial charge < -0.3 is 10.2 Å². The van der Waals surface area contributed by atoms with Crippen molar-refractivity contribution in [3.8, 4) is 0 Å². The van der Waals surface area contributed by atoms with Crippen LogP contribution in [0.25, 0.3) is 0 Å². The van der Waals surface area contributed by atoms with E-state index >= 15 is 0 Å². The number of hydrogen-bond donors (Lipinski definition) is 1. The maximum Gasteiger partial charge on any atom is 0.229 e. The van der Waals surface area contributed by atoms with Crippen LogP contribution in [0.15, 0.2) is 18.5 Å². The molecule has 1 N–H and O–H groups in total. The highest BCUT2D eigenvalue weighted by Gasteiger charge is 2.56. The summed E-state index contributed by atoms with van der Waals surface area (Å²) in [6, 6.07) is 2.01. The van der Waals surface area contributed by atoms with E-state index in [1.807, 2.05) is 6.07 Å². The van der Waals surface area contributed by atoms with E-state index in [4.69, 9.17) is 0 Å². The number of rotatable bonds is 6. The molecule has 3 fully saturated rings. The molecule has 1 aromatic heterocycles. The Morgan fingerprint density at radius 2 is 2.12 bits per heavy atom. The molecule has 1 amide bonds. The van der Waals surface area contributed by atoms with Gasteiger partial charge in [0.15, 0.2) is 0 Å². The third-order valence-electron chi connectivity index (χ3n) is 6.11. The van der Waals surface area contributed by atoms with Crippen LogP contribution in [0.3, 0.4) is 0 Å². The van der Waals surface area contributed by atoms with E-state index < -0.39 is 0 Å². The van der Waals surface area contributed by atoms with E-state index in [9.17, 15) is 4.79 Å². The number of nitrogens with zero attached hydrogens (tertiary/aromatic N) is 4. The smallest absolute Gasteiger partial charge is 0.229 e. The first-order chi connectivity index (χ1) is 12.6. The third-order valence-corrected chi connectivity index (χ3v) is 6.11. The fourth-order valence-electron chi connectivity index (χ4n) is 4.76. The Hall–Kier alpha value is -1.69. The van der Waals surface area contributed by atoms with Crippen LogP contribution in [0.5, 0.6) is 0 Å². The van der Waals surface area contributed by atoms with Gasteiger partial charge in [0.1, 0.15) is 0 Å². The molecular formula is C20H31N5O. The van der Waals surface area contributed by atoms with Crippen LogP contribution in [0.1, 0.15) is 39.5 Å². The monoisotopic (exact) mass is 357 g/mol. The number of nitrogens with one attached hydrogen (secondary N) is 1. The topological polar surface area (TPSA) is 61.4 Å². The van der Waals surface area contributed by atoms with Crippen molar-refractivity contribution in [1.82, 2.24) is 20.2 Å². The first-order valence-electron chi connectivity index (χ1n) is 10.1. The van der Waals surface area contributed by atoms with Gasteiger partial charge in [0, 0.05) is 45.1 Å². The molecule has 0 bridgehead atoms. The van der Waals surface area contributed by atoms with Crippen molar-refractivity contribution in [1.29, 1.82) is 0 Å². The van der Waals surface area contributed by atoms with Crippen LogP contribution in [-0.2, 0) is 4.79 Å². The minimum atomic E-state index is -0.332. The highest BCUT2D eigenvalue weighted by Crippen LogP contribution is 2.43. The summed E-state index contributed by atoms with van der Waals surface area (Å²) in [5.41, 5.74) is -0.332. The van der Waals surface area contributed by atoms with Crippen LogP contribution < -0.4 is 10.2 Å². The molecule has 4 rings (SSSR count). The minimum absolute atomic E-state index is 0.164. The molecule has 3 aliphatic rings. The second-order valence-electron chi connectivity index (χ2n) is 8.76. The second-order valence-corrected chi connectivity index (χ2v) is 8.76. The van der Waals surface area contributed by atoms with Crippen molar-refractivity contribution in [2.24, 2.45) is 17.3 Å². The molecule has 1 aromatic rings. The predicted molar refractivity (Wildman–Crippen MR) is 102 cm³/mol. The number of carbonyl (C=O) groups excluding carboxylic acids is 1. The van der Waals surface area contributed by atoms with Crippen LogP contribution in [-0.4, -0.2) is 59.5 Å². The number of aromatic nitrogens is 2. The van der Waals surface area contributed by atoms with Crippen molar-refractivity contribution in [3.05, 3.63) is 18.5 Å². The van der Waals surface area contributed by atoms with Gasteiger partial charge in [-0.2, -0.15) is 0 Å². The molecule has 3 heterocycles. The van der Waals surface area contributed by atoms with Crippen molar-refractivity contribution in [3.63, 3.8) is 0 Å². The first-order valence-corrected chi connectivity index (χ1v) is 10.1. The van der Waals surface area contributed by atoms with E-state index in [1.165, 1.54) is 12.8 Å². The van der Waals surface area contributed by atoms with Crippen molar-refractivity contribution in [2.75, 3.05) is 37.6 Å². The third kappa shape index (κ3) is 3.43. The van der Waals surface area contributed by atoms with Gasteiger partial charge in [-0.25, -0.2) is 9.97 Å². The SMILES string of the molecule is CC(C)CN1C[C@H]2N(c3ncccn3)CCC[C@@]2(C(=O)NCC2CC2)C1. The summed E-state index contributed by atoms with van der Waals surface area (Å²) in [6.45, 7) is 9.10. The van der Waals surface area contributed by atoms with Gasteiger partial charge in [0.2, 0.25) is 11.9 Å². The molecule has 2 saturated heterocycles. The Morgan fingerprint density at radius 3 is 2.81 bits per heavy atom. The Bertz CT molecular complexity index is 632. The van der Waals surface area contributed by atoms with Gasteiger partial charge >= 0.3 is 0 Å². The summed E-state index contributed by atoms with van der Waals surface area (Å²) in [5, 5.41) is 3.29. The van der Waals surface area contributed by atoms with Crippen LogP contribution >= 0.6 is 0 Å². The van der Waals surface area contributed by atoms with Crippen LogP contribution in [0, 0.1) is 17.3 Å². The molecule has 26 heavy (non-hydrogen) atoms. The lowest BCUT2D eigenvalue weighted by Gasteiger charge is -2.44. The molecule has 2 atom stereocenters. The number of likely N-dealkylation sites (tertiary alicyclic amines) is 1. The zero-order valence-corrected chi connectivity index (χ0v) is 16.0. The number of carbonyl (C=O) groups is 1. The van der Waals surface area contributed by atoms with Gasteiger partial charge in [0.25, 0.3) is 0 Å². The molecule has 6 heteroatoms. The van der Waals surface area contributed by atoms with Crippen molar-refractivity contribution >= 4 is 11.9 Å². The van der Waals surface area contributed by atoms with Gasteiger partial charge in [-0.15, -0.1) is 0 Å². The summed E-state index contributed by atoms with van der Waals surface area (Å²) in [4.78, 5) is 27.1. The Morgan fingerprint density at radius 1 is 1.35 bits per heavy atom. The molecule has 2 aliphatic heterocycles. The van der Waals surface area contributed by atoms with Crippen molar-refractivity contribution < 1.29 is 4.79 Å². The maximum absolute atomic E-state index is 13.3. The zero-order chi connectivity index (χ0) is 18.1. The lowest BCUT2D eigenvalue weighted by Crippen LogP contribution is -2.59. The average Bonchev–Trinajstić information content (AvgIpc) is 3.38. The number of piperidine rings is 1.